The first-order valence-electron chi connectivity index (χ1n) is 8.01. The predicted molar refractivity (Wildman–Crippen MR) is 88.5 cm³/mol. The molecule has 0 aliphatic heterocycles. The fourth-order valence-electron chi connectivity index (χ4n) is 2.90. The molecule has 1 N–H and O–H groups in total. The van der Waals surface area contributed by atoms with Crippen molar-refractivity contribution in [2.45, 2.75) is 63.9 Å². The first kappa shape index (κ1) is 15.7. The van der Waals surface area contributed by atoms with Gasteiger partial charge in [-0.05, 0) is 38.0 Å². The third-order valence-electron chi connectivity index (χ3n) is 3.86. The summed E-state index contributed by atoms with van der Waals surface area (Å²) < 4.78 is 6.39. The molecule has 0 saturated heterocycles. The van der Waals surface area contributed by atoms with Crippen LogP contribution in [0.1, 0.15) is 43.8 Å². The molecule has 0 amide bonds. The Labute approximate surface area is 125 Å². The van der Waals surface area contributed by atoms with Gasteiger partial charge in [0.25, 0.3) is 0 Å². The first-order chi connectivity index (χ1) is 9.54. The number of nitrogens with one attached hydrogen (secondary N) is 1. The number of benzene rings is 1. The molecule has 112 valence electrons. The Morgan fingerprint density at radius 2 is 1.75 bits per heavy atom. The standard InChI is InChI=1S/C17H29NOSi/c1-20(2,3)19-17(15-10-6-4-7-11-15)14-18-16-12-8-5-9-13-16/h4,6-7,10-11,16-18H,5,8-9,12-14H2,1-3H3/t17-/m1/s1. The second-order valence-electron chi connectivity index (χ2n) is 6.87. The molecule has 1 aromatic carbocycles. The van der Waals surface area contributed by atoms with E-state index < -0.39 is 8.32 Å². The average molecular weight is 292 g/mol. The van der Waals surface area contributed by atoms with E-state index in [4.69, 9.17) is 4.43 Å². The third-order valence-corrected chi connectivity index (χ3v) is 4.86. The second kappa shape index (κ2) is 7.39. The van der Waals surface area contributed by atoms with Crippen molar-refractivity contribution in [3.63, 3.8) is 0 Å². The van der Waals surface area contributed by atoms with E-state index in [1.807, 2.05) is 0 Å². The molecule has 0 bridgehead atoms. The van der Waals surface area contributed by atoms with Gasteiger partial charge in [0.1, 0.15) is 0 Å². The topological polar surface area (TPSA) is 21.3 Å². The fraction of sp³-hybridized carbons (Fsp3) is 0.647. The van der Waals surface area contributed by atoms with E-state index in [0.29, 0.717) is 6.04 Å². The summed E-state index contributed by atoms with van der Waals surface area (Å²) in [5.41, 5.74) is 1.30. The molecule has 1 aliphatic carbocycles. The monoisotopic (exact) mass is 291 g/mol. The van der Waals surface area contributed by atoms with Gasteiger partial charge in [0, 0.05) is 12.6 Å². The quantitative estimate of drug-likeness (QED) is 0.779. The molecule has 1 aliphatic rings. The molecule has 2 rings (SSSR count). The van der Waals surface area contributed by atoms with Gasteiger partial charge in [-0.3, -0.25) is 0 Å². The van der Waals surface area contributed by atoms with Crippen LogP contribution in [0.5, 0.6) is 0 Å². The van der Waals surface area contributed by atoms with Gasteiger partial charge < -0.3 is 9.74 Å². The zero-order valence-electron chi connectivity index (χ0n) is 13.2. The number of hydrogen-bond donors (Lipinski definition) is 1. The second-order valence-corrected chi connectivity index (χ2v) is 11.3. The molecular formula is C17H29NOSi. The van der Waals surface area contributed by atoms with E-state index >= 15 is 0 Å². The third kappa shape index (κ3) is 5.39. The van der Waals surface area contributed by atoms with Crippen LogP contribution in [-0.4, -0.2) is 20.9 Å². The van der Waals surface area contributed by atoms with E-state index in [0.717, 1.165) is 6.54 Å². The van der Waals surface area contributed by atoms with Crippen LogP contribution < -0.4 is 5.32 Å². The smallest absolute Gasteiger partial charge is 0.184 e. The molecule has 1 fully saturated rings. The van der Waals surface area contributed by atoms with Crippen molar-refractivity contribution in [3.8, 4) is 0 Å². The molecule has 3 heteroatoms. The lowest BCUT2D eigenvalue weighted by atomic mass is 9.95. The Morgan fingerprint density at radius 1 is 1.10 bits per heavy atom. The highest BCUT2D eigenvalue weighted by Gasteiger charge is 2.23. The highest BCUT2D eigenvalue weighted by Crippen LogP contribution is 2.23. The summed E-state index contributed by atoms with van der Waals surface area (Å²) in [6.45, 7) is 7.75. The summed E-state index contributed by atoms with van der Waals surface area (Å²) in [6.07, 6.45) is 7.02. The van der Waals surface area contributed by atoms with Gasteiger partial charge in [-0.25, -0.2) is 0 Å². The van der Waals surface area contributed by atoms with E-state index in [1.165, 1.54) is 37.7 Å². The summed E-state index contributed by atoms with van der Waals surface area (Å²) in [7, 11) is -1.53. The predicted octanol–water partition coefficient (Wildman–Crippen LogP) is 4.50. The van der Waals surface area contributed by atoms with Crippen molar-refractivity contribution < 1.29 is 4.43 Å². The maximum atomic E-state index is 6.39. The van der Waals surface area contributed by atoms with Crippen LogP contribution in [0.25, 0.3) is 0 Å². The van der Waals surface area contributed by atoms with Crippen LogP contribution in [-0.2, 0) is 4.43 Å². The van der Waals surface area contributed by atoms with Crippen LogP contribution in [0.15, 0.2) is 30.3 Å². The van der Waals surface area contributed by atoms with E-state index in [1.54, 1.807) is 0 Å². The Kier molecular flexibility index (Phi) is 5.82. The molecule has 0 heterocycles. The van der Waals surface area contributed by atoms with E-state index in [2.05, 4.69) is 55.3 Å². The molecule has 0 spiro atoms. The van der Waals surface area contributed by atoms with Gasteiger partial charge in [-0.2, -0.15) is 0 Å². The van der Waals surface area contributed by atoms with Crippen LogP contribution in [0.4, 0.5) is 0 Å². The summed E-state index contributed by atoms with van der Waals surface area (Å²) >= 11 is 0. The van der Waals surface area contributed by atoms with Crippen molar-refractivity contribution in [2.24, 2.45) is 0 Å². The Morgan fingerprint density at radius 3 is 2.35 bits per heavy atom. The minimum absolute atomic E-state index is 0.199. The highest BCUT2D eigenvalue weighted by molar-refractivity contribution is 6.69. The number of rotatable bonds is 6. The summed E-state index contributed by atoms with van der Waals surface area (Å²) in [4.78, 5) is 0. The minimum Gasteiger partial charge on any atom is -0.409 e. The lowest BCUT2D eigenvalue weighted by Crippen LogP contribution is -2.38. The van der Waals surface area contributed by atoms with Crippen LogP contribution in [0.2, 0.25) is 19.6 Å². The average Bonchev–Trinajstić information content (AvgIpc) is 2.44. The summed E-state index contributed by atoms with van der Waals surface area (Å²) in [5.74, 6) is 0. The van der Waals surface area contributed by atoms with Gasteiger partial charge in [0.15, 0.2) is 8.32 Å². The molecule has 1 aromatic rings. The zero-order valence-corrected chi connectivity index (χ0v) is 14.2. The summed E-state index contributed by atoms with van der Waals surface area (Å²) in [6, 6.07) is 11.4. The van der Waals surface area contributed by atoms with Gasteiger partial charge in [0.2, 0.25) is 0 Å². The van der Waals surface area contributed by atoms with Crippen molar-refractivity contribution in [3.05, 3.63) is 35.9 Å². The highest BCUT2D eigenvalue weighted by atomic mass is 28.4. The Bertz CT molecular complexity index is 382. The van der Waals surface area contributed by atoms with Gasteiger partial charge >= 0.3 is 0 Å². The van der Waals surface area contributed by atoms with Crippen molar-refractivity contribution in [1.29, 1.82) is 0 Å². The van der Waals surface area contributed by atoms with Crippen molar-refractivity contribution in [2.75, 3.05) is 6.54 Å². The SMILES string of the molecule is C[Si](C)(C)O[C@H](CNC1CCCCC1)c1ccccc1. The maximum Gasteiger partial charge on any atom is 0.184 e. The largest absolute Gasteiger partial charge is 0.409 e. The van der Waals surface area contributed by atoms with Crippen molar-refractivity contribution >= 4 is 8.32 Å². The van der Waals surface area contributed by atoms with Crippen molar-refractivity contribution in [1.82, 2.24) is 5.32 Å². The maximum absolute atomic E-state index is 6.39. The zero-order chi connectivity index (χ0) is 14.4. The normalized spacial score (nSPS) is 18.9. The first-order valence-corrected chi connectivity index (χ1v) is 11.4. The lowest BCUT2D eigenvalue weighted by Gasteiger charge is -2.30. The molecular weight excluding hydrogens is 262 g/mol. The molecule has 2 nitrogen and oxygen atoms in total. The minimum atomic E-state index is -1.53. The van der Waals surface area contributed by atoms with Gasteiger partial charge in [-0.15, -0.1) is 0 Å². The van der Waals surface area contributed by atoms with Gasteiger partial charge in [-0.1, -0.05) is 49.6 Å². The molecule has 0 aromatic heterocycles. The molecule has 1 atom stereocenters. The molecule has 20 heavy (non-hydrogen) atoms. The van der Waals surface area contributed by atoms with E-state index in [9.17, 15) is 0 Å². The van der Waals surface area contributed by atoms with E-state index in [-0.39, 0.29) is 6.10 Å². The lowest BCUT2D eigenvalue weighted by molar-refractivity contribution is 0.183. The molecule has 0 unspecified atom stereocenters. The van der Waals surface area contributed by atoms with Crippen LogP contribution in [0, 0.1) is 0 Å². The summed E-state index contributed by atoms with van der Waals surface area (Å²) in [5, 5.41) is 3.74. The van der Waals surface area contributed by atoms with Crippen LogP contribution >= 0.6 is 0 Å². The Balaban J connectivity index is 1.95. The molecule has 0 radical (unpaired) electrons. The van der Waals surface area contributed by atoms with Gasteiger partial charge in [0.05, 0.1) is 6.10 Å². The number of hydrogen-bond acceptors (Lipinski definition) is 2. The Hall–Kier alpha value is -0.643. The van der Waals surface area contributed by atoms with Crippen LogP contribution in [0.3, 0.4) is 0 Å². The molecule has 1 saturated carbocycles. The fourth-order valence-corrected chi connectivity index (χ4v) is 3.98.